The third kappa shape index (κ3) is 2.40. The topological polar surface area (TPSA) is 0 Å². The van der Waals surface area contributed by atoms with Crippen LogP contribution in [0.5, 0.6) is 0 Å². The van der Waals surface area contributed by atoms with Crippen molar-refractivity contribution < 1.29 is 0 Å². The summed E-state index contributed by atoms with van der Waals surface area (Å²) in [6.45, 7) is 9.18. The predicted octanol–water partition coefficient (Wildman–Crippen LogP) is 5.88. The molecule has 0 aromatic heterocycles. The molecule has 0 amide bonds. The Balaban J connectivity index is 1.80. The number of hydrogen-bond donors (Lipinski definition) is 0. The Labute approximate surface area is 122 Å². The molecule has 1 atom stereocenters. The van der Waals surface area contributed by atoms with Crippen molar-refractivity contribution in [1.82, 2.24) is 0 Å². The zero-order valence-electron chi connectivity index (χ0n) is 13.0. The smallest absolute Gasteiger partial charge is 0.00920 e. The van der Waals surface area contributed by atoms with Crippen LogP contribution in [0.25, 0.3) is 6.08 Å². The average molecular weight is 264 g/mol. The van der Waals surface area contributed by atoms with Gasteiger partial charge in [0, 0.05) is 5.92 Å². The second-order valence-corrected chi connectivity index (χ2v) is 7.19. The summed E-state index contributed by atoms with van der Waals surface area (Å²) in [6.07, 6.45) is 9.52. The third-order valence-electron chi connectivity index (χ3n) is 4.58. The van der Waals surface area contributed by atoms with Crippen LogP contribution in [0.4, 0.5) is 0 Å². The van der Waals surface area contributed by atoms with Crippen LogP contribution in [0.15, 0.2) is 53.1 Å². The fourth-order valence-corrected chi connectivity index (χ4v) is 3.33. The van der Waals surface area contributed by atoms with E-state index in [2.05, 4.69) is 70.2 Å². The molecule has 2 aliphatic carbocycles. The van der Waals surface area contributed by atoms with E-state index in [0.717, 1.165) is 6.42 Å². The van der Waals surface area contributed by atoms with Crippen molar-refractivity contribution in [3.8, 4) is 0 Å². The Morgan fingerprint density at radius 2 is 1.85 bits per heavy atom. The van der Waals surface area contributed by atoms with E-state index in [0.29, 0.717) is 5.92 Å². The third-order valence-corrected chi connectivity index (χ3v) is 4.58. The maximum atomic E-state index is 2.44. The Morgan fingerprint density at radius 3 is 2.55 bits per heavy atom. The molecule has 0 heterocycles. The van der Waals surface area contributed by atoms with Crippen molar-refractivity contribution in [2.75, 3.05) is 0 Å². The van der Waals surface area contributed by atoms with Crippen LogP contribution in [-0.2, 0) is 0 Å². The number of hydrogen-bond acceptors (Lipinski definition) is 0. The molecule has 0 heteroatoms. The van der Waals surface area contributed by atoms with Crippen LogP contribution >= 0.6 is 0 Å². The average Bonchev–Trinajstić information content (AvgIpc) is 2.95. The number of fused-ring (bicyclic) bond motifs is 1. The van der Waals surface area contributed by atoms with Gasteiger partial charge < -0.3 is 0 Å². The van der Waals surface area contributed by atoms with Gasteiger partial charge in [0.1, 0.15) is 0 Å². The van der Waals surface area contributed by atoms with Crippen LogP contribution < -0.4 is 0 Å². The van der Waals surface area contributed by atoms with E-state index in [1.54, 1.807) is 5.57 Å². The van der Waals surface area contributed by atoms with Crippen LogP contribution in [-0.4, -0.2) is 0 Å². The zero-order valence-corrected chi connectivity index (χ0v) is 13.0. The molecule has 0 nitrogen and oxygen atoms in total. The molecule has 1 aromatic rings. The van der Waals surface area contributed by atoms with E-state index in [1.807, 2.05) is 0 Å². The fraction of sp³-hybridized carbons (Fsp3) is 0.400. The first kappa shape index (κ1) is 13.4. The van der Waals surface area contributed by atoms with Gasteiger partial charge in [0.2, 0.25) is 0 Å². The Hall–Kier alpha value is -1.56. The SMILES string of the molecule is CC1=Cc2ccccc2C1CC1=CC(C(C)(C)C)=CC1. The largest absolute Gasteiger partial charge is 0.0767 e. The molecule has 0 saturated heterocycles. The molecule has 0 bridgehead atoms. The monoisotopic (exact) mass is 264 g/mol. The summed E-state index contributed by atoms with van der Waals surface area (Å²) in [5.41, 5.74) is 7.80. The molecule has 104 valence electrons. The Kier molecular flexibility index (Phi) is 3.20. The van der Waals surface area contributed by atoms with E-state index < -0.39 is 0 Å². The van der Waals surface area contributed by atoms with Gasteiger partial charge in [-0.2, -0.15) is 0 Å². The molecular weight excluding hydrogens is 240 g/mol. The van der Waals surface area contributed by atoms with E-state index in [-0.39, 0.29) is 5.41 Å². The lowest BCUT2D eigenvalue weighted by Crippen LogP contribution is -2.06. The van der Waals surface area contributed by atoms with Gasteiger partial charge >= 0.3 is 0 Å². The fourth-order valence-electron chi connectivity index (χ4n) is 3.33. The lowest BCUT2D eigenvalue weighted by atomic mass is 9.86. The van der Waals surface area contributed by atoms with Crippen LogP contribution in [0.3, 0.4) is 0 Å². The van der Waals surface area contributed by atoms with Gasteiger partial charge in [0.25, 0.3) is 0 Å². The highest BCUT2D eigenvalue weighted by atomic mass is 14.3. The Morgan fingerprint density at radius 1 is 1.10 bits per heavy atom. The molecule has 0 N–H and O–H groups in total. The molecule has 2 aliphatic rings. The van der Waals surface area contributed by atoms with Crippen molar-refractivity contribution in [3.05, 3.63) is 64.3 Å². The molecule has 0 saturated carbocycles. The van der Waals surface area contributed by atoms with Crippen molar-refractivity contribution in [3.63, 3.8) is 0 Å². The van der Waals surface area contributed by atoms with E-state index in [1.165, 1.54) is 28.7 Å². The minimum Gasteiger partial charge on any atom is -0.0767 e. The van der Waals surface area contributed by atoms with Gasteiger partial charge in [-0.1, -0.05) is 74.4 Å². The highest BCUT2D eigenvalue weighted by Crippen LogP contribution is 2.42. The van der Waals surface area contributed by atoms with Crippen LogP contribution in [0, 0.1) is 5.41 Å². The van der Waals surface area contributed by atoms with Crippen molar-refractivity contribution >= 4 is 6.08 Å². The minimum atomic E-state index is 0.278. The summed E-state index contributed by atoms with van der Waals surface area (Å²) in [4.78, 5) is 0. The molecular formula is C20H24. The second kappa shape index (κ2) is 4.77. The van der Waals surface area contributed by atoms with Gasteiger partial charge in [-0.15, -0.1) is 0 Å². The molecule has 0 aliphatic heterocycles. The first-order valence-electron chi connectivity index (χ1n) is 7.62. The normalized spacial score (nSPS) is 21.4. The summed E-state index contributed by atoms with van der Waals surface area (Å²) < 4.78 is 0. The lowest BCUT2D eigenvalue weighted by Gasteiger charge is -2.19. The molecule has 1 aromatic carbocycles. The molecule has 0 fully saturated rings. The summed E-state index contributed by atoms with van der Waals surface area (Å²) in [6, 6.07) is 8.83. The summed E-state index contributed by atoms with van der Waals surface area (Å²) in [5, 5.41) is 0. The molecule has 3 rings (SSSR count). The zero-order chi connectivity index (χ0) is 14.3. The maximum absolute atomic E-state index is 2.44. The summed E-state index contributed by atoms with van der Waals surface area (Å²) >= 11 is 0. The van der Waals surface area contributed by atoms with Gasteiger partial charge in [0.15, 0.2) is 0 Å². The first-order chi connectivity index (χ1) is 9.45. The van der Waals surface area contributed by atoms with Crippen molar-refractivity contribution in [2.24, 2.45) is 5.41 Å². The van der Waals surface area contributed by atoms with Crippen molar-refractivity contribution in [1.29, 1.82) is 0 Å². The van der Waals surface area contributed by atoms with Crippen LogP contribution in [0.1, 0.15) is 57.6 Å². The Bertz CT molecular complexity index is 618. The molecule has 1 unspecified atom stereocenters. The predicted molar refractivity (Wildman–Crippen MR) is 87.7 cm³/mol. The van der Waals surface area contributed by atoms with Gasteiger partial charge in [-0.25, -0.2) is 0 Å². The lowest BCUT2D eigenvalue weighted by molar-refractivity contribution is 0.517. The first-order valence-corrected chi connectivity index (χ1v) is 7.62. The van der Waals surface area contributed by atoms with E-state index in [9.17, 15) is 0 Å². The van der Waals surface area contributed by atoms with Gasteiger partial charge in [-0.05, 0) is 41.9 Å². The quantitative estimate of drug-likeness (QED) is 0.625. The summed E-state index contributed by atoms with van der Waals surface area (Å²) in [5.74, 6) is 0.588. The maximum Gasteiger partial charge on any atom is 0.00920 e. The second-order valence-electron chi connectivity index (χ2n) is 7.19. The standard InChI is InChI=1S/C20H24/c1-14-11-16-7-5-6-8-18(16)19(14)13-15-9-10-17(12-15)20(2,3)4/h5-8,10-12,19H,9,13H2,1-4H3. The van der Waals surface area contributed by atoms with E-state index in [4.69, 9.17) is 0 Å². The molecule has 0 radical (unpaired) electrons. The molecule has 20 heavy (non-hydrogen) atoms. The van der Waals surface area contributed by atoms with Crippen LogP contribution in [0.2, 0.25) is 0 Å². The van der Waals surface area contributed by atoms with Gasteiger partial charge in [-0.3, -0.25) is 0 Å². The van der Waals surface area contributed by atoms with Gasteiger partial charge in [0.05, 0.1) is 0 Å². The van der Waals surface area contributed by atoms with Crippen molar-refractivity contribution in [2.45, 2.75) is 46.5 Å². The minimum absolute atomic E-state index is 0.278. The highest BCUT2D eigenvalue weighted by molar-refractivity contribution is 5.66. The number of benzene rings is 1. The summed E-state index contributed by atoms with van der Waals surface area (Å²) in [7, 11) is 0. The number of allylic oxidation sites excluding steroid dienone is 5. The number of rotatable bonds is 2. The highest BCUT2D eigenvalue weighted by Gasteiger charge is 2.25. The van der Waals surface area contributed by atoms with E-state index >= 15 is 0 Å². The molecule has 0 spiro atoms.